The molecule has 0 aliphatic heterocycles. The Morgan fingerprint density at radius 3 is 2.61 bits per heavy atom. The Labute approximate surface area is 221 Å². The smallest absolute Gasteiger partial charge is 0.337 e. The monoisotopic (exact) mass is 539 g/mol. The second kappa shape index (κ2) is 10.1. The first-order valence-electron chi connectivity index (χ1n) is 12.6. The van der Waals surface area contributed by atoms with Gasteiger partial charge >= 0.3 is 5.97 Å². The van der Waals surface area contributed by atoms with E-state index in [-0.39, 0.29) is 41.2 Å². The highest BCUT2D eigenvalue weighted by atomic mass is 32.2. The van der Waals surface area contributed by atoms with Crippen molar-refractivity contribution >= 4 is 16.0 Å². The van der Waals surface area contributed by atoms with Crippen LogP contribution in [0.25, 0.3) is 5.69 Å². The first-order valence-corrected chi connectivity index (χ1v) is 14.1. The molecule has 38 heavy (non-hydrogen) atoms. The first kappa shape index (κ1) is 26.3. The maximum Gasteiger partial charge on any atom is 0.337 e. The first-order chi connectivity index (χ1) is 18.1. The van der Waals surface area contributed by atoms with E-state index in [4.69, 9.17) is 0 Å². The lowest BCUT2D eigenvalue weighted by atomic mass is 9.80. The zero-order valence-corrected chi connectivity index (χ0v) is 22.0. The highest BCUT2D eigenvalue weighted by molar-refractivity contribution is 7.89. The minimum absolute atomic E-state index is 0.0119. The maximum absolute atomic E-state index is 13.7. The topological polar surface area (TPSA) is 113 Å². The third kappa shape index (κ3) is 4.68. The normalized spacial score (nSPS) is 19.9. The van der Waals surface area contributed by atoms with Crippen molar-refractivity contribution in [2.75, 3.05) is 13.1 Å². The van der Waals surface area contributed by atoms with Crippen LogP contribution in [0.15, 0.2) is 70.8 Å². The molecule has 3 aromatic rings. The summed E-state index contributed by atoms with van der Waals surface area (Å²) in [4.78, 5) is 11.5. The van der Waals surface area contributed by atoms with E-state index in [9.17, 15) is 27.8 Å². The molecule has 1 heterocycles. The predicted octanol–water partition coefficient (Wildman–Crippen LogP) is 4.15. The van der Waals surface area contributed by atoms with Gasteiger partial charge in [-0.1, -0.05) is 30.2 Å². The van der Waals surface area contributed by atoms with Gasteiger partial charge in [-0.25, -0.2) is 22.3 Å². The molecular formula is C28H30FN3O5S. The molecule has 8 nitrogen and oxygen atoms in total. The van der Waals surface area contributed by atoms with Crippen molar-refractivity contribution in [3.05, 3.63) is 88.5 Å². The van der Waals surface area contributed by atoms with Crippen molar-refractivity contribution < 1.29 is 27.8 Å². The second-order valence-corrected chi connectivity index (χ2v) is 12.0. The number of aromatic nitrogens is 2. The molecule has 0 saturated heterocycles. The Hall–Kier alpha value is -3.34. The number of halogens is 1. The van der Waals surface area contributed by atoms with E-state index in [1.54, 1.807) is 12.1 Å². The molecule has 10 heteroatoms. The van der Waals surface area contributed by atoms with Gasteiger partial charge in [0.05, 0.1) is 34.1 Å². The molecule has 200 valence electrons. The van der Waals surface area contributed by atoms with Crippen molar-refractivity contribution in [2.24, 2.45) is 5.92 Å². The molecule has 1 aromatic heterocycles. The summed E-state index contributed by atoms with van der Waals surface area (Å²) in [6.07, 6.45) is 3.15. The molecule has 2 N–H and O–H groups in total. The van der Waals surface area contributed by atoms with E-state index in [1.807, 2.05) is 10.9 Å². The van der Waals surface area contributed by atoms with Crippen LogP contribution in [0, 0.1) is 11.7 Å². The van der Waals surface area contributed by atoms with Crippen LogP contribution >= 0.6 is 0 Å². The van der Waals surface area contributed by atoms with Crippen LogP contribution < -0.4 is 0 Å². The van der Waals surface area contributed by atoms with Crippen LogP contribution in [0.1, 0.15) is 54.2 Å². The summed E-state index contributed by atoms with van der Waals surface area (Å²) in [6.45, 7) is 3.61. The van der Waals surface area contributed by atoms with E-state index < -0.39 is 22.1 Å². The number of fused-ring (bicyclic) bond motifs is 1. The van der Waals surface area contributed by atoms with Gasteiger partial charge in [-0.3, -0.25) is 0 Å². The number of carboxylic acid groups (broad SMARTS) is 1. The zero-order chi connectivity index (χ0) is 27.2. The molecule has 5 rings (SSSR count). The van der Waals surface area contributed by atoms with Crippen LogP contribution in [0.4, 0.5) is 4.39 Å². The third-order valence-electron chi connectivity index (χ3n) is 7.56. The molecule has 0 saturated carbocycles. The average Bonchev–Trinajstić information content (AvgIpc) is 3.49. The molecule has 0 amide bonds. The number of rotatable bonds is 8. The van der Waals surface area contributed by atoms with Crippen LogP contribution in [0.2, 0.25) is 0 Å². The van der Waals surface area contributed by atoms with Crippen molar-refractivity contribution in [1.29, 1.82) is 0 Å². The van der Waals surface area contributed by atoms with Crippen molar-refractivity contribution in [1.82, 2.24) is 14.1 Å². The van der Waals surface area contributed by atoms with E-state index in [0.29, 0.717) is 6.42 Å². The lowest BCUT2D eigenvalue weighted by molar-refractivity contribution is 0.0692. The zero-order valence-electron chi connectivity index (χ0n) is 21.2. The quantitative estimate of drug-likeness (QED) is 0.416. The van der Waals surface area contributed by atoms with E-state index in [1.165, 1.54) is 58.8 Å². The fourth-order valence-corrected chi connectivity index (χ4v) is 7.65. The molecule has 2 aromatic carbocycles. The minimum atomic E-state index is -4.19. The lowest BCUT2D eigenvalue weighted by Crippen LogP contribution is -2.40. The summed E-state index contributed by atoms with van der Waals surface area (Å²) < 4.78 is 43.9. The molecule has 2 aliphatic carbocycles. The molecular weight excluding hydrogens is 509 g/mol. The molecule has 0 bridgehead atoms. The number of hydrogen-bond donors (Lipinski definition) is 2. The number of aliphatic hydroxyl groups is 1. The number of benzene rings is 2. The number of sulfonamides is 1. The van der Waals surface area contributed by atoms with E-state index in [0.717, 1.165) is 29.8 Å². The summed E-state index contributed by atoms with van der Waals surface area (Å²) in [6, 6.07) is 11.8. The molecule has 2 aliphatic rings. The summed E-state index contributed by atoms with van der Waals surface area (Å²) in [5.74, 6) is -1.70. The van der Waals surface area contributed by atoms with Crippen LogP contribution in [-0.4, -0.2) is 57.9 Å². The number of carbonyl (C=O) groups is 1. The highest BCUT2D eigenvalue weighted by Gasteiger charge is 2.39. The predicted molar refractivity (Wildman–Crippen MR) is 139 cm³/mol. The maximum atomic E-state index is 13.7. The van der Waals surface area contributed by atoms with Gasteiger partial charge in [0.1, 0.15) is 5.82 Å². The van der Waals surface area contributed by atoms with Gasteiger partial charge in [0, 0.05) is 31.0 Å². The number of nitrogens with zero attached hydrogens (tertiary/aromatic N) is 3. The summed E-state index contributed by atoms with van der Waals surface area (Å²) in [7, 11) is -4.19. The number of aliphatic hydroxyl groups excluding tert-OH is 1. The Balaban J connectivity index is 1.46. The lowest BCUT2D eigenvalue weighted by Gasteiger charge is -2.31. The average molecular weight is 540 g/mol. The fraction of sp³-hybridized carbons (Fsp3) is 0.357. The van der Waals surface area contributed by atoms with Gasteiger partial charge in [-0.15, -0.1) is 0 Å². The largest absolute Gasteiger partial charge is 0.478 e. The number of allylic oxidation sites excluding steroid dienone is 1. The fourth-order valence-electron chi connectivity index (χ4n) is 5.89. The minimum Gasteiger partial charge on any atom is -0.478 e. The number of aromatic carboxylic acids is 1. The molecule has 0 unspecified atom stereocenters. The van der Waals surface area contributed by atoms with Gasteiger partial charge in [0.15, 0.2) is 0 Å². The Bertz CT molecular complexity index is 1510. The summed E-state index contributed by atoms with van der Waals surface area (Å²) >= 11 is 0. The van der Waals surface area contributed by atoms with E-state index >= 15 is 0 Å². The van der Waals surface area contributed by atoms with Crippen LogP contribution in [0.5, 0.6) is 0 Å². The Kier molecular flexibility index (Phi) is 6.97. The molecule has 0 spiro atoms. The van der Waals surface area contributed by atoms with Crippen molar-refractivity contribution in [3.8, 4) is 5.69 Å². The van der Waals surface area contributed by atoms with Gasteiger partial charge in [0.25, 0.3) is 0 Å². The standard InChI is InChI=1S/C28H30FN3O5S/c1-17(33)15-31(38(36,37)26-6-4-3-5-23(26)28(34)35)16-20-8-7-19-13-25-24(18(2)27(19)20)14-30-32(25)22-11-9-21(29)10-12-22/h3-6,9-12,14,17-18,20,33H,7-8,13,15-16H2,1-2H3,(H,34,35)/t17-,18-,20+/m0/s1. The van der Waals surface area contributed by atoms with E-state index in [2.05, 4.69) is 12.0 Å². The molecule has 0 fully saturated rings. The number of carboxylic acids is 1. The van der Waals surface area contributed by atoms with Crippen molar-refractivity contribution in [2.45, 2.75) is 50.0 Å². The molecule has 0 radical (unpaired) electrons. The van der Waals surface area contributed by atoms with Gasteiger partial charge in [-0.05, 0) is 62.1 Å². The van der Waals surface area contributed by atoms with Crippen molar-refractivity contribution in [3.63, 3.8) is 0 Å². The SMILES string of the molecule is C[C@H](O)CN(C[C@H]1CCC2=C1[C@@H](C)c1cnn(-c3ccc(F)cc3)c1C2)S(=O)(=O)c1ccccc1C(=O)O. The van der Waals surface area contributed by atoms with Crippen LogP contribution in [0.3, 0.4) is 0 Å². The Morgan fingerprint density at radius 1 is 1.21 bits per heavy atom. The highest BCUT2D eigenvalue weighted by Crippen LogP contribution is 2.47. The Morgan fingerprint density at radius 2 is 1.92 bits per heavy atom. The summed E-state index contributed by atoms with van der Waals surface area (Å²) in [5, 5.41) is 24.3. The third-order valence-corrected chi connectivity index (χ3v) is 9.45. The number of hydrogen-bond acceptors (Lipinski definition) is 5. The second-order valence-electron chi connectivity index (χ2n) is 10.1. The van der Waals surface area contributed by atoms with Gasteiger partial charge in [-0.2, -0.15) is 9.40 Å². The van der Waals surface area contributed by atoms with Gasteiger partial charge < -0.3 is 10.2 Å². The molecule has 3 atom stereocenters. The van der Waals surface area contributed by atoms with Crippen LogP contribution in [-0.2, 0) is 16.4 Å². The van der Waals surface area contributed by atoms with Gasteiger partial charge in [0.2, 0.25) is 10.0 Å². The summed E-state index contributed by atoms with van der Waals surface area (Å²) in [5.41, 5.74) is 5.03.